The standard InChI is InChI=1S/C29H41NO6/c1-18(2)11-9-15-29(6)21-17-20(26(31)32)25(34-24(21)19-12-7-8-14-23(19)35-29)22-13-10-16-30(22)27(33)36-28(3,4)5/h7-8,11-12,14,20-22,24-25H,9-10,13,15-17H2,1-6H3,(H,31,32)/t20-,21+,22+,24-,25-,29+/m0/s1. The van der Waals surface area contributed by atoms with Crippen LogP contribution in [-0.2, 0) is 14.3 Å². The summed E-state index contributed by atoms with van der Waals surface area (Å²) in [5.74, 6) is -0.955. The molecule has 3 aliphatic rings. The lowest BCUT2D eigenvalue weighted by Crippen LogP contribution is -2.58. The van der Waals surface area contributed by atoms with Crippen molar-refractivity contribution in [3.05, 3.63) is 41.5 Å². The third-order valence-electron chi connectivity index (χ3n) is 7.74. The number of carbonyl (C=O) groups excluding carboxylic acids is 1. The van der Waals surface area contributed by atoms with E-state index in [0.717, 1.165) is 30.6 Å². The smallest absolute Gasteiger partial charge is 0.410 e. The van der Waals surface area contributed by atoms with Crippen molar-refractivity contribution < 1.29 is 28.9 Å². The van der Waals surface area contributed by atoms with Gasteiger partial charge in [0.05, 0.1) is 24.2 Å². The zero-order valence-corrected chi connectivity index (χ0v) is 22.5. The van der Waals surface area contributed by atoms with Crippen molar-refractivity contribution in [2.24, 2.45) is 11.8 Å². The summed E-state index contributed by atoms with van der Waals surface area (Å²) in [5.41, 5.74) is 1.02. The lowest BCUT2D eigenvalue weighted by atomic mass is 9.68. The Bertz CT molecular complexity index is 1010. The van der Waals surface area contributed by atoms with E-state index in [-0.39, 0.29) is 18.1 Å². The van der Waals surface area contributed by atoms with Crippen LogP contribution in [0.15, 0.2) is 35.9 Å². The van der Waals surface area contributed by atoms with E-state index in [1.54, 1.807) is 4.90 Å². The second-order valence-electron chi connectivity index (χ2n) is 12.0. The molecule has 3 heterocycles. The van der Waals surface area contributed by atoms with Crippen LogP contribution in [0, 0.1) is 11.8 Å². The average molecular weight is 500 g/mol. The zero-order valence-electron chi connectivity index (χ0n) is 22.5. The number of allylic oxidation sites excluding steroid dienone is 2. The molecule has 1 aromatic carbocycles. The number of aliphatic carboxylic acids is 1. The van der Waals surface area contributed by atoms with E-state index >= 15 is 0 Å². The van der Waals surface area contributed by atoms with Gasteiger partial charge in [-0.25, -0.2) is 4.79 Å². The maximum absolute atomic E-state index is 13.0. The maximum Gasteiger partial charge on any atom is 0.410 e. The Morgan fingerprint density at radius 2 is 1.97 bits per heavy atom. The number of rotatable bonds is 5. The number of carboxylic acid groups (broad SMARTS) is 1. The maximum atomic E-state index is 13.0. The van der Waals surface area contributed by atoms with Gasteiger partial charge in [0.1, 0.15) is 17.0 Å². The lowest BCUT2D eigenvalue weighted by Gasteiger charge is -2.53. The molecule has 3 aliphatic heterocycles. The van der Waals surface area contributed by atoms with Crippen molar-refractivity contribution in [2.45, 2.75) is 103 Å². The van der Waals surface area contributed by atoms with Gasteiger partial charge in [-0.05, 0) is 79.7 Å². The molecule has 0 spiro atoms. The van der Waals surface area contributed by atoms with Crippen LogP contribution in [0.5, 0.6) is 5.75 Å². The Hall–Kier alpha value is -2.54. The number of para-hydroxylation sites is 1. The Morgan fingerprint density at radius 1 is 1.25 bits per heavy atom. The van der Waals surface area contributed by atoms with Crippen molar-refractivity contribution in [2.75, 3.05) is 6.54 Å². The number of fused-ring (bicyclic) bond motifs is 3. The first kappa shape index (κ1) is 26.5. The lowest BCUT2D eigenvalue weighted by molar-refractivity contribution is -0.201. The third kappa shape index (κ3) is 5.41. The number of hydrogen-bond donors (Lipinski definition) is 1. The number of amides is 1. The predicted octanol–water partition coefficient (Wildman–Crippen LogP) is 6.13. The molecule has 0 unspecified atom stereocenters. The van der Waals surface area contributed by atoms with E-state index in [1.807, 2.05) is 45.0 Å². The molecule has 6 atom stereocenters. The minimum absolute atomic E-state index is 0.119. The van der Waals surface area contributed by atoms with Crippen molar-refractivity contribution >= 4 is 12.1 Å². The van der Waals surface area contributed by atoms with E-state index in [4.69, 9.17) is 14.2 Å². The number of likely N-dealkylation sites (tertiary alicyclic amines) is 1. The third-order valence-corrected chi connectivity index (χ3v) is 7.74. The first-order valence-corrected chi connectivity index (χ1v) is 13.2. The van der Waals surface area contributed by atoms with E-state index < -0.39 is 35.3 Å². The second-order valence-corrected chi connectivity index (χ2v) is 12.0. The van der Waals surface area contributed by atoms with Gasteiger partial charge in [0.2, 0.25) is 0 Å². The van der Waals surface area contributed by atoms with Gasteiger partial charge < -0.3 is 24.2 Å². The van der Waals surface area contributed by atoms with E-state index in [9.17, 15) is 14.7 Å². The number of carbonyl (C=O) groups is 2. The molecule has 0 radical (unpaired) electrons. The highest BCUT2D eigenvalue weighted by molar-refractivity contribution is 5.72. The van der Waals surface area contributed by atoms with Gasteiger partial charge in [0.25, 0.3) is 0 Å². The molecule has 0 bridgehead atoms. The molecule has 1 amide bonds. The molecule has 1 N–H and O–H groups in total. The molecule has 7 nitrogen and oxygen atoms in total. The monoisotopic (exact) mass is 499 g/mol. The summed E-state index contributed by atoms with van der Waals surface area (Å²) in [7, 11) is 0. The Kier molecular flexibility index (Phi) is 7.42. The van der Waals surface area contributed by atoms with Crippen LogP contribution >= 0.6 is 0 Å². The van der Waals surface area contributed by atoms with Crippen molar-refractivity contribution in [3.8, 4) is 5.75 Å². The summed E-state index contributed by atoms with van der Waals surface area (Å²) in [5, 5.41) is 10.3. The van der Waals surface area contributed by atoms with Crippen LogP contribution in [0.1, 0.15) is 85.3 Å². The molecule has 0 saturated carbocycles. The molecule has 198 valence electrons. The number of nitrogens with zero attached hydrogens (tertiary/aromatic N) is 1. The Labute approximate surface area is 214 Å². The summed E-state index contributed by atoms with van der Waals surface area (Å²) < 4.78 is 19.0. The molecule has 1 aromatic rings. The van der Waals surface area contributed by atoms with E-state index in [0.29, 0.717) is 19.4 Å². The topological polar surface area (TPSA) is 85.3 Å². The van der Waals surface area contributed by atoms with Crippen LogP contribution in [-0.4, -0.2) is 52.0 Å². The largest absolute Gasteiger partial charge is 0.487 e. The van der Waals surface area contributed by atoms with Crippen LogP contribution in [0.25, 0.3) is 0 Å². The van der Waals surface area contributed by atoms with Gasteiger partial charge in [0, 0.05) is 18.0 Å². The number of carboxylic acids is 1. The van der Waals surface area contributed by atoms with Gasteiger partial charge in [-0.1, -0.05) is 29.8 Å². The zero-order chi connectivity index (χ0) is 26.3. The normalized spacial score (nSPS) is 31.6. The fraction of sp³-hybridized carbons (Fsp3) is 0.655. The highest BCUT2D eigenvalue weighted by atomic mass is 16.6. The minimum Gasteiger partial charge on any atom is -0.487 e. The fourth-order valence-electron chi connectivity index (χ4n) is 6.05. The van der Waals surface area contributed by atoms with Crippen molar-refractivity contribution in [3.63, 3.8) is 0 Å². The van der Waals surface area contributed by atoms with Gasteiger partial charge >= 0.3 is 12.1 Å². The van der Waals surface area contributed by atoms with Gasteiger partial charge in [-0.15, -0.1) is 0 Å². The quantitative estimate of drug-likeness (QED) is 0.491. The van der Waals surface area contributed by atoms with Gasteiger partial charge in [-0.3, -0.25) is 4.79 Å². The molecular weight excluding hydrogens is 458 g/mol. The molecule has 36 heavy (non-hydrogen) atoms. The molecule has 0 aromatic heterocycles. The first-order valence-electron chi connectivity index (χ1n) is 13.2. The van der Waals surface area contributed by atoms with Crippen LogP contribution in [0.4, 0.5) is 4.79 Å². The minimum atomic E-state index is -0.889. The van der Waals surface area contributed by atoms with E-state index in [1.165, 1.54) is 5.57 Å². The van der Waals surface area contributed by atoms with Gasteiger partial charge in [-0.2, -0.15) is 0 Å². The van der Waals surface area contributed by atoms with Gasteiger partial charge in [0.15, 0.2) is 0 Å². The van der Waals surface area contributed by atoms with Crippen molar-refractivity contribution in [1.29, 1.82) is 0 Å². The molecule has 7 heteroatoms. The summed E-state index contributed by atoms with van der Waals surface area (Å²) in [6, 6.07) is 7.57. The summed E-state index contributed by atoms with van der Waals surface area (Å²) in [4.78, 5) is 27.3. The highest BCUT2D eigenvalue weighted by Crippen LogP contribution is 2.54. The first-order chi connectivity index (χ1) is 16.9. The molecule has 0 aliphatic carbocycles. The Balaban J connectivity index is 1.67. The SMILES string of the molecule is CC(C)=CCC[C@@]1(C)Oc2ccccc2[C@@H]2O[C@H]([C@H]3CCCN3C(=O)OC(C)(C)C)[C@@H](C(=O)O)C[C@H]21. The van der Waals surface area contributed by atoms with Crippen LogP contribution < -0.4 is 4.74 Å². The number of hydrogen-bond acceptors (Lipinski definition) is 5. The summed E-state index contributed by atoms with van der Waals surface area (Å²) in [6.07, 6.45) is 4.41. The molecular formula is C29H41NO6. The number of ether oxygens (including phenoxy) is 3. The number of benzene rings is 1. The highest BCUT2D eigenvalue weighted by Gasteiger charge is 2.56. The fourth-order valence-corrected chi connectivity index (χ4v) is 6.05. The van der Waals surface area contributed by atoms with Crippen LogP contribution in [0.3, 0.4) is 0 Å². The summed E-state index contributed by atoms with van der Waals surface area (Å²) >= 11 is 0. The molecule has 4 rings (SSSR count). The Morgan fingerprint density at radius 3 is 2.64 bits per heavy atom. The molecule has 2 saturated heterocycles. The second kappa shape index (κ2) is 10.1. The predicted molar refractivity (Wildman–Crippen MR) is 137 cm³/mol. The van der Waals surface area contributed by atoms with Crippen molar-refractivity contribution in [1.82, 2.24) is 4.90 Å². The average Bonchev–Trinajstić information content (AvgIpc) is 3.27. The van der Waals surface area contributed by atoms with E-state index in [2.05, 4.69) is 26.8 Å². The van der Waals surface area contributed by atoms with Crippen LogP contribution in [0.2, 0.25) is 0 Å². The molecule has 2 fully saturated rings. The summed E-state index contributed by atoms with van der Waals surface area (Å²) in [6.45, 7) is 12.3.